The van der Waals surface area contributed by atoms with E-state index in [1.54, 1.807) is 6.07 Å². The van der Waals surface area contributed by atoms with Crippen LogP contribution in [0.3, 0.4) is 0 Å². The lowest BCUT2D eigenvalue weighted by Crippen LogP contribution is -2.24. The van der Waals surface area contributed by atoms with E-state index in [9.17, 15) is 5.11 Å². The van der Waals surface area contributed by atoms with Gasteiger partial charge in [-0.25, -0.2) is 0 Å². The fourth-order valence-electron chi connectivity index (χ4n) is 1.38. The summed E-state index contributed by atoms with van der Waals surface area (Å²) < 4.78 is 0. The number of phenolic OH excluding ortho intramolecular Hbond substituents is 1. The molecule has 0 aromatic heterocycles. The number of hydrogen-bond acceptors (Lipinski definition) is 2. The molecule has 2 heteroatoms. The first-order valence-corrected chi connectivity index (χ1v) is 4.25. The lowest BCUT2D eigenvalue weighted by Gasteiger charge is -2.09. The van der Waals surface area contributed by atoms with Crippen molar-refractivity contribution in [3.63, 3.8) is 0 Å². The first kappa shape index (κ1) is 7.62. The SMILES string of the molecule is NC1(Cc2ccccc2O)CC1. The molecule has 0 unspecified atom stereocenters. The number of benzene rings is 1. The van der Waals surface area contributed by atoms with Gasteiger partial charge in [0.2, 0.25) is 0 Å². The van der Waals surface area contributed by atoms with E-state index >= 15 is 0 Å². The predicted molar refractivity (Wildman–Crippen MR) is 48.0 cm³/mol. The Kier molecular flexibility index (Phi) is 1.58. The largest absolute Gasteiger partial charge is 0.508 e. The summed E-state index contributed by atoms with van der Waals surface area (Å²) in [5.41, 5.74) is 6.89. The number of nitrogens with two attached hydrogens (primary N) is 1. The van der Waals surface area contributed by atoms with Gasteiger partial charge in [-0.1, -0.05) is 18.2 Å². The second-order valence-corrected chi connectivity index (χ2v) is 3.67. The Bertz CT molecular complexity index is 292. The van der Waals surface area contributed by atoms with Crippen molar-refractivity contribution in [3.05, 3.63) is 29.8 Å². The molecule has 0 spiro atoms. The van der Waals surface area contributed by atoms with E-state index in [2.05, 4.69) is 0 Å². The van der Waals surface area contributed by atoms with Gasteiger partial charge >= 0.3 is 0 Å². The standard InChI is InChI=1S/C10H13NO/c11-10(5-6-10)7-8-3-1-2-4-9(8)12/h1-4,12H,5-7,11H2. The summed E-state index contributed by atoms with van der Waals surface area (Å²) in [7, 11) is 0. The lowest BCUT2D eigenvalue weighted by molar-refractivity contribution is 0.463. The number of para-hydroxylation sites is 1. The minimum Gasteiger partial charge on any atom is -0.508 e. The van der Waals surface area contributed by atoms with Crippen LogP contribution in [-0.4, -0.2) is 10.6 Å². The molecule has 2 nitrogen and oxygen atoms in total. The van der Waals surface area contributed by atoms with Crippen LogP contribution >= 0.6 is 0 Å². The molecular weight excluding hydrogens is 150 g/mol. The molecule has 2 rings (SSSR count). The predicted octanol–water partition coefficient (Wildman–Crippen LogP) is 1.43. The van der Waals surface area contributed by atoms with E-state index in [0.29, 0.717) is 5.75 Å². The molecule has 0 amide bonds. The Hall–Kier alpha value is -1.02. The summed E-state index contributed by atoms with van der Waals surface area (Å²) in [5.74, 6) is 0.370. The minimum atomic E-state index is -0.0150. The van der Waals surface area contributed by atoms with Crippen LogP contribution in [0, 0.1) is 0 Å². The van der Waals surface area contributed by atoms with E-state index in [4.69, 9.17) is 5.73 Å². The smallest absolute Gasteiger partial charge is 0.118 e. The van der Waals surface area contributed by atoms with Crippen LogP contribution in [-0.2, 0) is 6.42 Å². The highest BCUT2D eigenvalue weighted by Crippen LogP contribution is 2.37. The second kappa shape index (κ2) is 2.49. The Labute approximate surface area is 72.0 Å². The molecule has 0 atom stereocenters. The third-order valence-corrected chi connectivity index (χ3v) is 2.43. The zero-order chi connectivity index (χ0) is 8.60. The topological polar surface area (TPSA) is 46.2 Å². The first-order valence-electron chi connectivity index (χ1n) is 4.25. The quantitative estimate of drug-likeness (QED) is 0.692. The zero-order valence-corrected chi connectivity index (χ0v) is 6.96. The first-order chi connectivity index (χ1) is 5.70. The van der Waals surface area contributed by atoms with Crippen LogP contribution < -0.4 is 5.73 Å². The van der Waals surface area contributed by atoms with Gasteiger partial charge in [-0.15, -0.1) is 0 Å². The summed E-state index contributed by atoms with van der Waals surface area (Å²) in [6.45, 7) is 0. The molecule has 0 heterocycles. The number of phenols is 1. The number of aromatic hydroxyl groups is 1. The second-order valence-electron chi connectivity index (χ2n) is 3.67. The van der Waals surface area contributed by atoms with E-state index in [0.717, 1.165) is 24.8 Å². The molecule has 0 radical (unpaired) electrons. The van der Waals surface area contributed by atoms with Crippen LogP contribution in [0.5, 0.6) is 5.75 Å². The van der Waals surface area contributed by atoms with Crippen molar-refractivity contribution in [2.75, 3.05) is 0 Å². The molecule has 1 aromatic rings. The maximum absolute atomic E-state index is 9.45. The molecule has 1 aliphatic rings. The van der Waals surface area contributed by atoms with Gasteiger partial charge in [0.15, 0.2) is 0 Å². The molecule has 0 bridgehead atoms. The molecule has 12 heavy (non-hydrogen) atoms. The molecule has 64 valence electrons. The van der Waals surface area contributed by atoms with Crippen LogP contribution in [0.2, 0.25) is 0 Å². The molecule has 1 aliphatic carbocycles. The lowest BCUT2D eigenvalue weighted by atomic mass is 10.0. The Morgan fingerprint density at radius 3 is 2.58 bits per heavy atom. The van der Waals surface area contributed by atoms with Crippen molar-refractivity contribution in [2.24, 2.45) is 5.73 Å². The van der Waals surface area contributed by atoms with Gasteiger partial charge < -0.3 is 10.8 Å². The van der Waals surface area contributed by atoms with Gasteiger partial charge in [-0.2, -0.15) is 0 Å². The molecule has 3 N–H and O–H groups in total. The van der Waals surface area contributed by atoms with Gasteiger partial charge in [-0.05, 0) is 30.9 Å². The van der Waals surface area contributed by atoms with Crippen molar-refractivity contribution >= 4 is 0 Å². The van der Waals surface area contributed by atoms with Gasteiger partial charge in [0.05, 0.1) is 0 Å². The monoisotopic (exact) mass is 163 g/mol. The summed E-state index contributed by atoms with van der Waals surface area (Å²) in [4.78, 5) is 0. The summed E-state index contributed by atoms with van der Waals surface area (Å²) in [6, 6.07) is 7.40. The fourth-order valence-corrected chi connectivity index (χ4v) is 1.38. The van der Waals surface area contributed by atoms with Crippen LogP contribution in [0.1, 0.15) is 18.4 Å². The van der Waals surface area contributed by atoms with Gasteiger partial charge in [0.25, 0.3) is 0 Å². The minimum absolute atomic E-state index is 0.0150. The molecular formula is C10H13NO. The normalized spacial score (nSPS) is 19.1. The fraction of sp³-hybridized carbons (Fsp3) is 0.400. The van der Waals surface area contributed by atoms with E-state index < -0.39 is 0 Å². The average molecular weight is 163 g/mol. The Morgan fingerprint density at radius 2 is 2.00 bits per heavy atom. The average Bonchev–Trinajstić information content (AvgIpc) is 2.74. The van der Waals surface area contributed by atoms with Gasteiger partial charge in [0.1, 0.15) is 5.75 Å². The molecule has 0 saturated heterocycles. The molecule has 1 fully saturated rings. The molecule has 0 aliphatic heterocycles. The zero-order valence-electron chi connectivity index (χ0n) is 6.96. The Balaban J connectivity index is 2.17. The van der Waals surface area contributed by atoms with E-state index in [-0.39, 0.29) is 5.54 Å². The maximum atomic E-state index is 9.45. The highest BCUT2D eigenvalue weighted by Gasteiger charge is 2.38. The highest BCUT2D eigenvalue weighted by molar-refractivity contribution is 5.34. The third-order valence-electron chi connectivity index (χ3n) is 2.43. The van der Waals surface area contributed by atoms with Crippen LogP contribution in [0.4, 0.5) is 0 Å². The highest BCUT2D eigenvalue weighted by atomic mass is 16.3. The van der Waals surface area contributed by atoms with Gasteiger partial charge in [-0.3, -0.25) is 0 Å². The van der Waals surface area contributed by atoms with Gasteiger partial charge in [0, 0.05) is 5.54 Å². The van der Waals surface area contributed by atoms with Crippen molar-refractivity contribution in [3.8, 4) is 5.75 Å². The molecule has 1 saturated carbocycles. The van der Waals surface area contributed by atoms with Crippen molar-refractivity contribution in [2.45, 2.75) is 24.8 Å². The summed E-state index contributed by atoms with van der Waals surface area (Å²) in [6.07, 6.45) is 2.97. The van der Waals surface area contributed by atoms with Crippen LogP contribution in [0.15, 0.2) is 24.3 Å². The van der Waals surface area contributed by atoms with Crippen molar-refractivity contribution < 1.29 is 5.11 Å². The van der Waals surface area contributed by atoms with Crippen molar-refractivity contribution in [1.82, 2.24) is 0 Å². The molecule has 1 aromatic carbocycles. The third kappa shape index (κ3) is 1.43. The number of hydrogen-bond donors (Lipinski definition) is 2. The van der Waals surface area contributed by atoms with E-state index in [1.807, 2.05) is 18.2 Å². The maximum Gasteiger partial charge on any atom is 0.118 e. The van der Waals surface area contributed by atoms with Crippen LogP contribution in [0.25, 0.3) is 0 Å². The number of rotatable bonds is 2. The summed E-state index contributed by atoms with van der Waals surface area (Å²) in [5, 5.41) is 9.45. The van der Waals surface area contributed by atoms with E-state index in [1.165, 1.54) is 0 Å². The summed E-state index contributed by atoms with van der Waals surface area (Å²) >= 11 is 0. The van der Waals surface area contributed by atoms with Crippen molar-refractivity contribution in [1.29, 1.82) is 0 Å². The Morgan fingerprint density at radius 1 is 1.33 bits per heavy atom.